The lowest BCUT2D eigenvalue weighted by Crippen LogP contribution is -2.54. The Morgan fingerprint density at radius 3 is 2.03 bits per heavy atom. The van der Waals surface area contributed by atoms with Crippen LogP contribution in [0.3, 0.4) is 0 Å². The molecular weight excluding hydrogens is 384 g/mol. The quantitative estimate of drug-likeness (QED) is 0.0975. The first kappa shape index (κ1) is 26.1. The van der Waals surface area contributed by atoms with Crippen molar-refractivity contribution in [2.24, 2.45) is 28.1 Å². The molecule has 0 unspecified atom stereocenters. The summed E-state index contributed by atoms with van der Waals surface area (Å²) in [5.41, 5.74) is 16.3. The van der Waals surface area contributed by atoms with E-state index in [-0.39, 0.29) is 31.3 Å². The number of carbonyl (C=O) groups is 4. The number of aliphatic carboxylic acids is 2. The van der Waals surface area contributed by atoms with Crippen molar-refractivity contribution < 1.29 is 29.4 Å². The normalized spacial score (nSPS) is 13.8. The molecule has 0 radical (unpaired) electrons. The Labute approximate surface area is 169 Å². The van der Waals surface area contributed by atoms with Crippen molar-refractivity contribution in [2.45, 2.75) is 64.1 Å². The van der Waals surface area contributed by atoms with Crippen molar-refractivity contribution in [3.05, 3.63) is 0 Å². The Kier molecular flexibility index (Phi) is 12.0. The number of carboxylic acid groups (broad SMARTS) is 2. The standard InChI is InChI=1S/C17H32N6O6/c1-9(2)8-10(18)14(26)22-11(4-3-7-21-17(19)20)15(27)23-12(16(28)29)5-6-13(24)25/h9-12H,3-8,18H2,1-2H3,(H,22,26)(H,23,27)(H,24,25)(H,28,29)(H4,19,20,21)/t10-,11-,12-/m0/s1. The van der Waals surface area contributed by atoms with E-state index in [1.807, 2.05) is 13.8 Å². The lowest BCUT2D eigenvalue weighted by molar-refractivity contribution is -0.143. The summed E-state index contributed by atoms with van der Waals surface area (Å²) in [6.07, 6.45) is 0.150. The molecule has 10 N–H and O–H groups in total. The van der Waals surface area contributed by atoms with Crippen LogP contribution in [0.2, 0.25) is 0 Å². The number of amides is 2. The van der Waals surface area contributed by atoms with Gasteiger partial charge in [0.25, 0.3) is 0 Å². The third-order valence-corrected chi connectivity index (χ3v) is 3.90. The number of guanidine groups is 1. The van der Waals surface area contributed by atoms with Gasteiger partial charge in [0.1, 0.15) is 12.1 Å². The van der Waals surface area contributed by atoms with Gasteiger partial charge in [-0.1, -0.05) is 13.8 Å². The molecule has 12 nitrogen and oxygen atoms in total. The van der Waals surface area contributed by atoms with Gasteiger partial charge in [0.2, 0.25) is 11.8 Å². The molecule has 2 amide bonds. The summed E-state index contributed by atoms with van der Waals surface area (Å²) in [6, 6.07) is -3.30. The molecule has 0 spiro atoms. The number of carbonyl (C=O) groups excluding carboxylic acids is 2. The summed E-state index contributed by atoms with van der Waals surface area (Å²) in [5.74, 6) is -3.81. The van der Waals surface area contributed by atoms with Crippen LogP contribution in [0, 0.1) is 5.92 Å². The zero-order valence-corrected chi connectivity index (χ0v) is 16.8. The van der Waals surface area contributed by atoms with E-state index in [1.165, 1.54) is 0 Å². The van der Waals surface area contributed by atoms with Crippen molar-refractivity contribution >= 4 is 29.7 Å². The number of hydrogen-bond acceptors (Lipinski definition) is 6. The fraction of sp³-hybridized carbons (Fsp3) is 0.706. The van der Waals surface area contributed by atoms with Gasteiger partial charge in [0.15, 0.2) is 5.96 Å². The lowest BCUT2D eigenvalue weighted by Gasteiger charge is -2.23. The average molecular weight is 416 g/mol. The van der Waals surface area contributed by atoms with Gasteiger partial charge in [0, 0.05) is 13.0 Å². The predicted molar refractivity (Wildman–Crippen MR) is 106 cm³/mol. The van der Waals surface area contributed by atoms with Crippen LogP contribution in [0.5, 0.6) is 0 Å². The van der Waals surface area contributed by atoms with Crippen LogP contribution >= 0.6 is 0 Å². The fourth-order valence-electron chi connectivity index (χ4n) is 2.46. The second kappa shape index (κ2) is 13.3. The third-order valence-electron chi connectivity index (χ3n) is 3.90. The van der Waals surface area contributed by atoms with E-state index >= 15 is 0 Å². The third kappa shape index (κ3) is 12.2. The van der Waals surface area contributed by atoms with Crippen molar-refractivity contribution in [1.82, 2.24) is 10.6 Å². The van der Waals surface area contributed by atoms with E-state index in [0.717, 1.165) is 0 Å². The van der Waals surface area contributed by atoms with Crippen LogP contribution in [-0.4, -0.2) is 64.6 Å². The van der Waals surface area contributed by atoms with E-state index in [0.29, 0.717) is 12.8 Å². The molecule has 0 saturated carbocycles. The molecular formula is C17H32N6O6. The molecule has 0 aliphatic carbocycles. The molecule has 0 heterocycles. The van der Waals surface area contributed by atoms with Gasteiger partial charge < -0.3 is 38.0 Å². The van der Waals surface area contributed by atoms with E-state index < -0.39 is 48.3 Å². The monoisotopic (exact) mass is 416 g/mol. The zero-order chi connectivity index (χ0) is 22.6. The molecule has 0 aliphatic heterocycles. The van der Waals surface area contributed by atoms with Crippen LogP contribution in [0.1, 0.15) is 46.0 Å². The van der Waals surface area contributed by atoms with E-state index in [4.69, 9.17) is 22.3 Å². The molecule has 0 aliphatic rings. The molecule has 0 bridgehead atoms. The highest BCUT2D eigenvalue weighted by atomic mass is 16.4. The Hall–Kier alpha value is -2.89. The fourth-order valence-corrected chi connectivity index (χ4v) is 2.46. The number of rotatable bonds is 14. The van der Waals surface area contributed by atoms with Crippen LogP contribution in [0.25, 0.3) is 0 Å². The molecule has 0 fully saturated rings. The van der Waals surface area contributed by atoms with Gasteiger partial charge in [-0.15, -0.1) is 0 Å². The van der Waals surface area contributed by atoms with Crippen LogP contribution in [0.15, 0.2) is 4.99 Å². The topological polar surface area (TPSA) is 223 Å². The zero-order valence-electron chi connectivity index (χ0n) is 16.8. The first-order valence-corrected chi connectivity index (χ1v) is 9.30. The Morgan fingerprint density at radius 2 is 1.55 bits per heavy atom. The van der Waals surface area contributed by atoms with Gasteiger partial charge in [-0.3, -0.25) is 19.4 Å². The van der Waals surface area contributed by atoms with Crippen molar-refractivity contribution in [2.75, 3.05) is 6.54 Å². The van der Waals surface area contributed by atoms with E-state index in [1.54, 1.807) is 0 Å². The number of nitrogens with two attached hydrogens (primary N) is 3. The van der Waals surface area contributed by atoms with Crippen LogP contribution in [-0.2, 0) is 19.2 Å². The minimum atomic E-state index is -1.40. The minimum Gasteiger partial charge on any atom is -0.481 e. The van der Waals surface area contributed by atoms with Crippen molar-refractivity contribution in [3.8, 4) is 0 Å². The second-order valence-corrected chi connectivity index (χ2v) is 7.08. The number of carboxylic acids is 2. The summed E-state index contributed by atoms with van der Waals surface area (Å²) >= 11 is 0. The predicted octanol–water partition coefficient (Wildman–Crippen LogP) is -1.67. The summed E-state index contributed by atoms with van der Waals surface area (Å²) in [7, 11) is 0. The number of nitrogens with one attached hydrogen (secondary N) is 2. The van der Waals surface area contributed by atoms with Gasteiger partial charge >= 0.3 is 11.9 Å². The van der Waals surface area contributed by atoms with E-state index in [2.05, 4.69) is 15.6 Å². The highest BCUT2D eigenvalue weighted by molar-refractivity contribution is 5.91. The highest BCUT2D eigenvalue weighted by Crippen LogP contribution is 2.06. The molecule has 0 saturated heterocycles. The SMILES string of the molecule is CC(C)C[C@H](N)C(=O)N[C@@H](CCCN=C(N)N)C(=O)N[C@@H](CCC(=O)O)C(=O)O. The summed E-state index contributed by atoms with van der Waals surface area (Å²) in [5, 5.41) is 22.7. The maximum Gasteiger partial charge on any atom is 0.326 e. The maximum absolute atomic E-state index is 12.5. The highest BCUT2D eigenvalue weighted by Gasteiger charge is 2.28. The van der Waals surface area contributed by atoms with Gasteiger partial charge in [-0.25, -0.2) is 4.79 Å². The number of hydrogen-bond donors (Lipinski definition) is 7. The smallest absolute Gasteiger partial charge is 0.326 e. The summed E-state index contributed by atoms with van der Waals surface area (Å²) < 4.78 is 0. The van der Waals surface area contributed by atoms with Crippen LogP contribution < -0.4 is 27.8 Å². The van der Waals surface area contributed by atoms with Crippen molar-refractivity contribution in [1.29, 1.82) is 0 Å². The number of aliphatic imine (C=N–C) groups is 1. The molecule has 0 rings (SSSR count). The summed E-state index contributed by atoms with van der Waals surface area (Å²) in [4.78, 5) is 50.6. The minimum absolute atomic E-state index is 0.117. The molecule has 29 heavy (non-hydrogen) atoms. The molecule has 3 atom stereocenters. The van der Waals surface area contributed by atoms with Gasteiger partial charge in [0.05, 0.1) is 6.04 Å². The Balaban J connectivity index is 5.14. The summed E-state index contributed by atoms with van der Waals surface area (Å²) in [6.45, 7) is 4.00. The first-order valence-electron chi connectivity index (χ1n) is 9.30. The molecule has 0 aromatic heterocycles. The Morgan fingerprint density at radius 1 is 0.966 bits per heavy atom. The van der Waals surface area contributed by atoms with Crippen LogP contribution in [0.4, 0.5) is 0 Å². The van der Waals surface area contributed by atoms with Gasteiger partial charge in [-0.05, 0) is 31.6 Å². The number of nitrogens with zero attached hydrogens (tertiary/aromatic N) is 1. The Bertz CT molecular complexity index is 605. The van der Waals surface area contributed by atoms with E-state index in [9.17, 15) is 24.3 Å². The van der Waals surface area contributed by atoms with Gasteiger partial charge in [-0.2, -0.15) is 0 Å². The lowest BCUT2D eigenvalue weighted by atomic mass is 10.0. The maximum atomic E-state index is 12.5. The molecule has 166 valence electrons. The molecule has 0 aromatic carbocycles. The largest absolute Gasteiger partial charge is 0.481 e. The van der Waals surface area contributed by atoms with Crippen molar-refractivity contribution in [3.63, 3.8) is 0 Å². The second-order valence-electron chi connectivity index (χ2n) is 7.08. The molecule has 12 heteroatoms. The molecule has 0 aromatic rings. The average Bonchev–Trinajstić information content (AvgIpc) is 2.59. The first-order chi connectivity index (χ1) is 13.4.